The minimum atomic E-state index is 0.845. The summed E-state index contributed by atoms with van der Waals surface area (Å²) < 4.78 is 0. The number of nitrogens with zero attached hydrogens (tertiary/aromatic N) is 3. The van der Waals surface area contributed by atoms with Crippen molar-refractivity contribution in [3.8, 4) is 0 Å². The molecule has 0 fully saturated rings. The van der Waals surface area contributed by atoms with E-state index in [4.69, 9.17) is 0 Å². The van der Waals surface area contributed by atoms with E-state index in [1.807, 2.05) is 18.3 Å². The maximum absolute atomic E-state index is 4.33. The van der Waals surface area contributed by atoms with Crippen molar-refractivity contribution in [2.45, 2.75) is 0 Å². The van der Waals surface area contributed by atoms with Crippen molar-refractivity contribution in [3.05, 3.63) is 30.2 Å². The van der Waals surface area contributed by atoms with Crippen LogP contribution in [0.2, 0.25) is 0 Å². The number of rotatable bonds is 1. The van der Waals surface area contributed by atoms with E-state index in [-0.39, 0.29) is 0 Å². The number of hydrogen-bond acceptors (Lipinski definition) is 4. The highest BCUT2D eigenvalue weighted by atomic mass is 15.5. The highest BCUT2D eigenvalue weighted by Gasteiger charge is 2.11. The highest BCUT2D eigenvalue weighted by molar-refractivity contribution is 5.79. The zero-order valence-corrected chi connectivity index (χ0v) is 8.36. The van der Waals surface area contributed by atoms with Gasteiger partial charge in [0, 0.05) is 31.6 Å². The van der Waals surface area contributed by atoms with Crippen LogP contribution in [-0.2, 0) is 0 Å². The largest absolute Gasteiger partial charge is 0.318 e. The third-order valence-electron chi connectivity index (χ3n) is 2.53. The number of hydrogen-bond donors (Lipinski definition) is 2. The van der Waals surface area contributed by atoms with Gasteiger partial charge >= 0.3 is 0 Å². The molecule has 0 saturated carbocycles. The predicted octanol–water partition coefficient (Wildman–Crippen LogP) is 0.749. The summed E-state index contributed by atoms with van der Waals surface area (Å²) in [4.78, 5) is 4.33. The van der Waals surface area contributed by atoms with Crippen molar-refractivity contribution >= 4 is 16.6 Å². The number of nitrogens with one attached hydrogen (secondary N) is 2. The molecule has 0 unspecified atom stereocenters. The first-order chi connectivity index (χ1) is 7.33. The number of hydrazine groups is 1. The Balaban J connectivity index is 2.07. The van der Waals surface area contributed by atoms with Gasteiger partial charge in [-0.1, -0.05) is 0 Å². The molecule has 2 aromatic rings. The van der Waals surface area contributed by atoms with Crippen LogP contribution >= 0.6 is 0 Å². The zero-order chi connectivity index (χ0) is 10.3. The van der Waals surface area contributed by atoms with Gasteiger partial charge in [-0.2, -0.15) is 5.10 Å². The van der Waals surface area contributed by atoms with Crippen molar-refractivity contribution in [2.75, 3.05) is 13.6 Å². The number of aromatic amines is 1. The van der Waals surface area contributed by atoms with Gasteiger partial charge in [-0.25, -0.2) is 5.43 Å². The number of aromatic nitrogens is 3. The van der Waals surface area contributed by atoms with Gasteiger partial charge in [0.05, 0.1) is 11.7 Å². The second-order valence-electron chi connectivity index (χ2n) is 3.63. The lowest BCUT2D eigenvalue weighted by atomic mass is 10.1. The maximum atomic E-state index is 4.33. The minimum absolute atomic E-state index is 0.845. The van der Waals surface area contributed by atoms with Gasteiger partial charge in [-0.05, 0) is 11.6 Å². The van der Waals surface area contributed by atoms with Gasteiger partial charge in [0.2, 0.25) is 0 Å². The first-order valence-electron chi connectivity index (χ1n) is 4.79. The summed E-state index contributed by atoms with van der Waals surface area (Å²) in [5, 5.41) is 8.82. The fourth-order valence-corrected chi connectivity index (χ4v) is 1.72. The van der Waals surface area contributed by atoms with Gasteiger partial charge in [-0.3, -0.25) is 10.1 Å². The van der Waals surface area contributed by atoms with Crippen LogP contribution in [-0.4, -0.2) is 33.8 Å². The van der Waals surface area contributed by atoms with E-state index in [9.17, 15) is 0 Å². The molecule has 76 valence electrons. The second-order valence-corrected chi connectivity index (χ2v) is 3.63. The van der Waals surface area contributed by atoms with Crippen LogP contribution in [0, 0.1) is 0 Å². The van der Waals surface area contributed by atoms with Crippen LogP contribution in [0.3, 0.4) is 0 Å². The van der Waals surface area contributed by atoms with Gasteiger partial charge < -0.3 is 5.01 Å². The third kappa shape index (κ3) is 1.37. The summed E-state index contributed by atoms with van der Waals surface area (Å²) >= 11 is 0. The predicted molar refractivity (Wildman–Crippen MR) is 57.6 cm³/mol. The van der Waals surface area contributed by atoms with E-state index in [0.717, 1.165) is 23.1 Å². The Morgan fingerprint density at radius 3 is 3.13 bits per heavy atom. The highest BCUT2D eigenvalue weighted by Crippen LogP contribution is 2.19. The molecule has 0 saturated heterocycles. The molecule has 15 heavy (non-hydrogen) atoms. The van der Waals surface area contributed by atoms with Gasteiger partial charge in [0.25, 0.3) is 0 Å². The monoisotopic (exact) mass is 201 g/mol. The lowest BCUT2D eigenvalue weighted by Crippen LogP contribution is -2.23. The Kier molecular flexibility index (Phi) is 1.72. The SMILES string of the molecule is CN1C=C(c2cnc3cn[nH]c3c2)CN1. The lowest BCUT2D eigenvalue weighted by molar-refractivity contribution is 0.374. The van der Waals surface area contributed by atoms with Crippen LogP contribution in [0.15, 0.2) is 24.7 Å². The van der Waals surface area contributed by atoms with Gasteiger partial charge in [0.1, 0.15) is 5.52 Å². The molecule has 1 aliphatic heterocycles. The number of fused-ring (bicyclic) bond motifs is 1. The quantitative estimate of drug-likeness (QED) is 0.714. The molecule has 1 aliphatic rings. The second kappa shape index (κ2) is 3.06. The van der Waals surface area contributed by atoms with E-state index in [2.05, 4.69) is 32.9 Å². The molecule has 2 aromatic heterocycles. The Hall–Kier alpha value is -1.88. The molecular weight excluding hydrogens is 190 g/mol. The summed E-state index contributed by atoms with van der Waals surface area (Å²) in [5.74, 6) is 0. The average molecular weight is 201 g/mol. The molecule has 5 nitrogen and oxygen atoms in total. The average Bonchev–Trinajstić information content (AvgIpc) is 2.84. The van der Waals surface area contributed by atoms with Crippen LogP contribution in [0.1, 0.15) is 5.56 Å². The summed E-state index contributed by atoms with van der Waals surface area (Å²) in [7, 11) is 1.98. The topological polar surface area (TPSA) is 56.8 Å². The molecule has 0 atom stereocenters. The van der Waals surface area contributed by atoms with Crippen molar-refractivity contribution in [1.29, 1.82) is 0 Å². The van der Waals surface area contributed by atoms with E-state index in [1.165, 1.54) is 5.57 Å². The molecule has 3 heterocycles. The molecule has 5 heteroatoms. The standard InChI is InChI=1S/C10H11N5/c1-15-6-8(4-13-15)7-2-9-10(11-3-7)5-12-14-9/h2-3,5-6,13H,4H2,1H3,(H,12,14). The number of H-pyrrole nitrogens is 1. The van der Waals surface area contributed by atoms with E-state index < -0.39 is 0 Å². The Bertz CT molecular complexity index is 527. The summed E-state index contributed by atoms with van der Waals surface area (Å²) in [6.07, 6.45) is 5.68. The molecule has 0 aromatic carbocycles. The number of pyridine rings is 1. The summed E-state index contributed by atoms with van der Waals surface area (Å²) in [6.45, 7) is 0.845. The van der Waals surface area contributed by atoms with E-state index in [1.54, 1.807) is 6.20 Å². The van der Waals surface area contributed by atoms with Crippen molar-refractivity contribution in [3.63, 3.8) is 0 Å². The van der Waals surface area contributed by atoms with Crippen molar-refractivity contribution in [1.82, 2.24) is 25.6 Å². The Morgan fingerprint density at radius 1 is 1.40 bits per heavy atom. The minimum Gasteiger partial charge on any atom is -0.318 e. The molecule has 2 N–H and O–H groups in total. The van der Waals surface area contributed by atoms with Crippen LogP contribution in [0.5, 0.6) is 0 Å². The lowest BCUT2D eigenvalue weighted by Gasteiger charge is -2.04. The molecular formula is C10H11N5. The van der Waals surface area contributed by atoms with Gasteiger partial charge in [0.15, 0.2) is 0 Å². The Morgan fingerprint density at radius 2 is 2.33 bits per heavy atom. The zero-order valence-electron chi connectivity index (χ0n) is 8.36. The maximum Gasteiger partial charge on any atom is 0.108 e. The Labute approximate surface area is 86.8 Å². The molecule has 0 bridgehead atoms. The third-order valence-corrected chi connectivity index (χ3v) is 2.53. The van der Waals surface area contributed by atoms with E-state index >= 15 is 0 Å². The molecule has 0 amide bonds. The fraction of sp³-hybridized carbons (Fsp3) is 0.200. The first kappa shape index (κ1) is 8.43. The summed E-state index contributed by atoms with van der Waals surface area (Å²) in [6, 6.07) is 2.07. The van der Waals surface area contributed by atoms with E-state index in [0.29, 0.717) is 0 Å². The fourth-order valence-electron chi connectivity index (χ4n) is 1.72. The van der Waals surface area contributed by atoms with Crippen molar-refractivity contribution < 1.29 is 0 Å². The summed E-state index contributed by atoms with van der Waals surface area (Å²) in [5.41, 5.74) is 7.44. The van der Waals surface area contributed by atoms with Crippen LogP contribution < -0.4 is 5.43 Å². The van der Waals surface area contributed by atoms with Crippen LogP contribution in [0.4, 0.5) is 0 Å². The smallest absolute Gasteiger partial charge is 0.108 e. The molecule has 0 spiro atoms. The first-order valence-corrected chi connectivity index (χ1v) is 4.79. The van der Waals surface area contributed by atoms with Crippen LogP contribution in [0.25, 0.3) is 16.6 Å². The normalized spacial score (nSPS) is 16.1. The van der Waals surface area contributed by atoms with Crippen molar-refractivity contribution in [2.24, 2.45) is 0 Å². The molecule has 3 rings (SSSR count). The van der Waals surface area contributed by atoms with Gasteiger partial charge in [-0.15, -0.1) is 0 Å². The molecule has 0 radical (unpaired) electrons. The molecule has 0 aliphatic carbocycles.